The SMILES string of the molecule is O=C(N[C@H]1c2ccccc2CC[C@H]1CO)OCc1ccccc1. The summed E-state index contributed by atoms with van der Waals surface area (Å²) in [6.45, 7) is 0.294. The molecule has 0 saturated carbocycles. The maximum atomic E-state index is 12.1. The van der Waals surface area contributed by atoms with Crippen LogP contribution < -0.4 is 5.32 Å². The fraction of sp³-hybridized carbons (Fsp3) is 0.316. The number of nitrogens with one attached hydrogen (secondary N) is 1. The molecular formula is C19H21NO3. The predicted molar refractivity (Wildman–Crippen MR) is 87.8 cm³/mol. The summed E-state index contributed by atoms with van der Waals surface area (Å²) < 4.78 is 5.31. The molecule has 0 spiro atoms. The second-order valence-corrected chi connectivity index (χ2v) is 5.86. The Bertz CT molecular complexity index is 657. The Morgan fingerprint density at radius 3 is 2.65 bits per heavy atom. The van der Waals surface area contributed by atoms with Crippen molar-refractivity contribution >= 4 is 6.09 Å². The molecule has 2 aromatic rings. The molecule has 4 heteroatoms. The first kappa shape index (κ1) is 15.6. The molecule has 1 amide bonds. The minimum atomic E-state index is -0.450. The van der Waals surface area contributed by atoms with Gasteiger partial charge in [-0.2, -0.15) is 0 Å². The molecular weight excluding hydrogens is 290 g/mol. The highest BCUT2D eigenvalue weighted by molar-refractivity contribution is 5.68. The van der Waals surface area contributed by atoms with Gasteiger partial charge in [-0.05, 0) is 29.5 Å². The van der Waals surface area contributed by atoms with E-state index >= 15 is 0 Å². The van der Waals surface area contributed by atoms with E-state index in [1.807, 2.05) is 48.5 Å². The van der Waals surface area contributed by atoms with Crippen LogP contribution in [-0.4, -0.2) is 17.8 Å². The standard InChI is InChI=1S/C19H21NO3/c21-12-16-11-10-15-8-4-5-9-17(15)18(16)20-19(22)23-13-14-6-2-1-3-7-14/h1-9,16,18,21H,10-13H2,(H,20,22)/t16-,18+/m0/s1. The number of hydrogen-bond acceptors (Lipinski definition) is 3. The number of hydrogen-bond donors (Lipinski definition) is 2. The molecule has 0 saturated heterocycles. The van der Waals surface area contributed by atoms with Crippen molar-refractivity contribution in [3.63, 3.8) is 0 Å². The van der Waals surface area contributed by atoms with E-state index in [0.717, 1.165) is 24.0 Å². The molecule has 0 radical (unpaired) electrons. The average Bonchev–Trinajstić information content (AvgIpc) is 2.61. The predicted octanol–water partition coefficient (Wildman–Crippen LogP) is 3.21. The maximum absolute atomic E-state index is 12.1. The molecule has 0 unspecified atom stereocenters. The molecule has 2 atom stereocenters. The summed E-state index contributed by atoms with van der Waals surface area (Å²) >= 11 is 0. The summed E-state index contributed by atoms with van der Waals surface area (Å²) in [5.74, 6) is 0.0224. The van der Waals surface area contributed by atoms with Crippen molar-refractivity contribution in [1.29, 1.82) is 0 Å². The Morgan fingerprint density at radius 1 is 1.13 bits per heavy atom. The van der Waals surface area contributed by atoms with Crippen molar-refractivity contribution < 1.29 is 14.6 Å². The fourth-order valence-corrected chi connectivity index (χ4v) is 3.11. The van der Waals surface area contributed by atoms with E-state index in [4.69, 9.17) is 4.74 Å². The van der Waals surface area contributed by atoms with Crippen molar-refractivity contribution in [1.82, 2.24) is 5.32 Å². The number of benzene rings is 2. The van der Waals surface area contributed by atoms with Gasteiger partial charge in [-0.15, -0.1) is 0 Å². The Labute approximate surface area is 136 Å². The van der Waals surface area contributed by atoms with Crippen LogP contribution in [0.4, 0.5) is 4.79 Å². The van der Waals surface area contributed by atoms with Crippen molar-refractivity contribution in [2.75, 3.05) is 6.61 Å². The number of alkyl carbamates (subject to hydrolysis) is 1. The number of aliphatic hydroxyl groups excluding tert-OH is 1. The summed E-state index contributed by atoms with van der Waals surface area (Å²) in [4.78, 5) is 12.1. The lowest BCUT2D eigenvalue weighted by atomic mass is 9.80. The molecule has 0 heterocycles. The number of rotatable bonds is 4. The molecule has 4 nitrogen and oxygen atoms in total. The first-order chi connectivity index (χ1) is 11.3. The van der Waals surface area contributed by atoms with Crippen molar-refractivity contribution in [3.05, 3.63) is 71.3 Å². The van der Waals surface area contributed by atoms with Gasteiger partial charge in [0, 0.05) is 12.5 Å². The minimum absolute atomic E-state index is 0.0224. The summed E-state index contributed by atoms with van der Waals surface area (Å²) in [6, 6.07) is 17.4. The highest BCUT2D eigenvalue weighted by Crippen LogP contribution is 2.34. The second kappa shape index (κ2) is 7.29. The molecule has 2 aromatic carbocycles. The van der Waals surface area contributed by atoms with Crippen LogP contribution in [0.15, 0.2) is 54.6 Å². The van der Waals surface area contributed by atoms with Gasteiger partial charge >= 0.3 is 6.09 Å². The lowest BCUT2D eigenvalue weighted by Gasteiger charge is -2.32. The molecule has 0 aromatic heterocycles. The van der Waals surface area contributed by atoms with Crippen molar-refractivity contribution in [2.24, 2.45) is 5.92 Å². The van der Waals surface area contributed by atoms with Gasteiger partial charge in [0.2, 0.25) is 0 Å². The molecule has 0 fully saturated rings. The zero-order valence-corrected chi connectivity index (χ0v) is 12.9. The van der Waals surface area contributed by atoms with E-state index in [1.165, 1.54) is 5.56 Å². The van der Waals surface area contributed by atoms with Gasteiger partial charge in [0.25, 0.3) is 0 Å². The Balaban J connectivity index is 1.66. The van der Waals surface area contributed by atoms with E-state index in [0.29, 0.717) is 0 Å². The van der Waals surface area contributed by atoms with E-state index in [1.54, 1.807) is 0 Å². The largest absolute Gasteiger partial charge is 0.445 e. The minimum Gasteiger partial charge on any atom is -0.445 e. The second-order valence-electron chi connectivity index (χ2n) is 5.86. The van der Waals surface area contributed by atoms with Crippen LogP contribution in [0.5, 0.6) is 0 Å². The first-order valence-corrected chi connectivity index (χ1v) is 7.94. The lowest BCUT2D eigenvalue weighted by molar-refractivity contribution is 0.120. The third-order valence-corrected chi connectivity index (χ3v) is 4.37. The van der Waals surface area contributed by atoms with Gasteiger partial charge in [-0.3, -0.25) is 0 Å². The van der Waals surface area contributed by atoms with Gasteiger partial charge < -0.3 is 15.2 Å². The Morgan fingerprint density at radius 2 is 1.87 bits per heavy atom. The van der Waals surface area contributed by atoms with E-state index in [9.17, 15) is 9.90 Å². The normalized spacial score (nSPS) is 19.7. The smallest absolute Gasteiger partial charge is 0.407 e. The van der Waals surface area contributed by atoms with Gasteiger partial charge in [0.1, 0.15) is 6.61 Å². The van der Waals surface area contributed by atoms with Gasteiger partial charge in [0.05, 0.1) is 6.04 Å². The van der Waals surface area contributed by atoms with E-state index in [-0.39, 0.29) is 25.2 Å². The molecule has 2 N–H and O–H groups in total. The summed E-state index contributed by atoms with van der Waals surface area (Å²) in [6.07, 6.45) is 1.34. The topological polar surface area (TPSA) is 58.6 Å². The number of carbonyl (C=O) groups excluding carboxylic acids is 1. The molecule has 1 aliphatic rings. The molecule has 0 aliphatic heterocycles. The quantitative estimate of drug-likeness (QED) is 0.911. The fourth-order valence-electron chi connectivity index (χ4n) is 3.11. The number of carbonyl (C=O) groups is 1. The number of aryl methyl sites for hydroxylation is 1. The number of aliphatic hydroxyl groups is 1. The van der Waals surface area contributed by atoms with Gasteiger partial charge in [-0.25, -0.2) is 4.79 Å². The van der Waals surface area contributed by atoms with Crippen molar-refractivity contribution in [3.8, 4) is 0 Å². The Kier molecular flexibility index (Phi) is 4.93. The highest BCUT2D eigenvalue weighted by atomic mass is 16.5. The molecule has 3 rings (SSSR count). The first-order valence-electron chi connectivity index (χ1n) is 7.94. The zero-order valence-electron chi connectivity index (χ0n) is 12.9. The lowest BCUT2D eigenvalue weighted by Crippen LogP contribution is -2.38. The van der Waals surface area contributed by atoms with Crippen LogP contribution in [0.3, 0.4) is 0 Å². The molecule has 120 valence electrons. The molecule has 0 bridgehead atoms. The number of amides is 1. The number of ether oxygens (including phenoxy) is 1. The van der Waals surface area contributed by atoms with Crippen LogP contribution in [0.1, 0.15) is 29.2 Å². The van der Waals surface area contributed by atoms with Crippen LogP contribution in [0, 0.1) is 5.92 Å². The van der Waals surface area contributed by atoms with E-state index < -0.39 is 6.09 Å². The Hall–Kier alpha value is -2.33. The van der Waals surface area contributed by atoms with E-state index in [2.05, 4.69) is 11.4 Å². The monoisotopic (exact) mass is 311 g/mol. The van der Waals surface area contributed by atoms with Gasteiger partial charge in [0.15, 0.2) is 0 Å². The highest BCUT2D eigenvalue weighted by Gasteiger charge is 2.30. The summed E-state index contributed by atoms with van der Waals surface area (Å²) in [5, 5.41) is 12.5. The third kappa shape index (κ3) is 3.71. The van der Waals surface area contributed by atoms with Gasteiger partial charge in [-0.1, -0.05) is 54.6 Å². The summed E-state index contributed by atoms with van der Waals surface area (Å²) in [5.41, 5.74) is 3.26. The maximum Gasteiger partial charge on any atom is 0.407 e. The average molecular weight is 311 g/mol. The van der Waals surface area contributed by atoms with Crippen LogP contribution in [0.25, 0.3) is 0 Å². The van der Waals surface area contributed by atoms with Crippen LogP contribution >= 0.6 is 0 Å². The molecule has 23 heavy (non-hydrogen) atoms. The zero-order chi connectivity index (χ0) is 16.1. The van der Waals surface area contributed by atoms with Crippen LogP contribution in [-0.2, 0) is 17.8 Å². The third-order valence-electron chi connectivity index (χ3n) is 4.37. The van der Waals surface area contributed by atoms with Crippen molar-refractivity contribution in [2.45, 2.75) is 25.5 Å². The van der Waals surface area contributed by atoms with Crippen LogP contribution in [0.2, 0.25) is 0 Å². The number of fused-ring (bicyclic) bond motifs is 1. The summed E-state index contributed by atoms with van der Waals surface area (Å²) in [7, 11) is 0. The molecule has 1 aliphatic carbocycles.